The monoisotopic (exact) mass is 792 g/mol. The largest absolute Gasteiger partial charge is 0.497 e. The average molecular weight is 793 g/mol. The molecule has 10 rings (SSSR count). The molecule has 6 aromatic carbocycles. The molecule has 8 nitrogen and oxygen atoms in total. The Bertz CT molecular complexity index is 2770. The lowest BCUT2D eigenvalue weighted by Crippen LogP contribution is -2.05. The highest BCUT2D eigenvalue weighted by Crippen LogP contribution is 2.47. The third kappa shape index (κ3) is 6.31. The number of benzene rings is 6. The Balaban J connectivity index is 0.873. The van der Waals surface area contributed by atoms with Crippen LogP contribution in [0.3, 0.4) is 0 Å². The first-order valence-electron chi connectivity index (χ1n) is 20.6. The van der Waals surface area contributed by atoms with Crippen LogP contribution in [0.5, 0.6) is 23.0 Å². The number of unbranched alkanes of at least 4 members (excludes halogenated alkanes) is 1. The smallest absolute Gasteiger partial charge is 0.196 e. The van der Waals surface area contributed by atoms with Crippen molar-refractivity contribution >= 4 is 33.4 Å². The summed E-state index contributed by atoms with van der Waals surface area (Å²) in [6, 6.07) is 44.2. The lowest BCUT2D eigenvalue weighted by molar-refractivity contribution is 0.103. The maximum Gasteiger partial charge on any atom is 0.196 e. The zero-order valence-corrected chi connectivity index (χ0v) is 33.7. The number of nitrogens with zero attached hydrogens (tertiary/aromatic N) is 2. The summed E-state index contributed by atoms with van der Waals surface area (Å²) in [6.45, 7) is 2.31. The van der Waals surface area contributed by atoms with Crippen LogP contribution in [0.25, 0.3) is 44.3 Å². The molecule has 0 radical (unpaired) electrons. The summed E-state index contributed by atoms with van der Waals surface area (Å²) in [7, 11) is 3.36. The minimum atomic E-state index is 0.0338. The van der Waals surface area contributed by atoms with Crippen molar-refractivity contribution in [2.24, 2.45) is 0 Å². The van der Waals surface area contributed by atoms with Gasteiger partial charge in [0, 0.05) is 35.3 Å². The molecule has 8 heteroatoms. The molecule has 0 amide bonds. The van der Waals surface area contributed by atoms with Gasteiger partial charge in [-0.25, -0.2) is 0 Å². The van der Waals surface area contributed by atoms with E-state index in [1.54, 1.807) is 14.2 Å². The first-order chi connectivity index (χ1) is 29.5. The Hall–Kier alpha value is -7.06. The number of hydrogen-bond acceptors (Lipinski definition) is 6. The molecular formula is C52H44N2O6. The molecule has 2 heterocycles. The molecule has 0 aliphatic heterocycles. The predicted octanol–water partition coefficient (Wildman–Crippen LogP) is 10.8. The number of ketones is 2. The van der Waals surface area contributed by atoms with Gasteiger partial charge in [0.1, 0.15) is 23.0 Å². The van der Waals surface area contributed by atoms with Crippen molar-refractivity contribution in [1.29, 1.82) is 0 Å². The summed E-state index contributed by atoms with van der Waals surface area (Å²) in [4.78, 5) is 28.0. The van der Waals surface area contributed by atoms with Crippen LogP contribution < -0.4 is 18.9 Å². The van der Waals surface area contributed by atoms with Crippen LogP contribution in [-0.2, 0) is 25.9 Å². The molecule has 0 atom stereocenters. The number of methoxy groups -OCH3 is 2. The van der Waals surface area contributed by atoms with Crippen LogP contribution in [0, 0.1) is 0 Å². The molecule has 0 saturated carbocycles. The molecule has 8 aromatic rings. The van der Waals surface area contributed by atoms with E-state index in [0.717, 1.165) is 104 Å². The van der Waals surface area contributed by atoms with Crippen LogP contribution in [0.15, 0.2) is 133 Å². The van der Waals surface area contributed by atoms with Gasteiger partial charge in [-0.2, -0.15) is 0 Å². The molecule has 0 spiro atoms. The molecule has 60 heavy (non-hydrogen) atoms. The van der Waals surface area contributed by atoms with Gasteiger partial charge in [-0.05, 0) is 85.3 Å². The molecule has 0 N–H and O–H groups in total. The zero-order chi connectivity index (χ0) is 40.7. The van der Waals surface area contributed by atoms with Gasteiger partial charge in [0.25, 0.3) is 0 Å². The van der Waals surface area contributed by atoms with Crippen molar-refractivity contribution < 1.29 is 28.5 Å². The number of carbonyl (C=O) groups excluding carboxylic acids is 2. The molecule has 298 valence electrons. The summed E-state index contributed by atoms with van der Waals surface area (Å²) >= 11 is 0. The number of aryl methyl sites for hydroxylation is 4. The number of ether oxygens (including phenoxy) is 4. The van der Waals surface area contributed by atoms with Crippen molar-refractivity contribution in [3.8, 4) is 45.5 Å². The van der Waals surface area contributed by atoms with Gasteiger partial charge < -0.3 is 28.1 Å². The van der Waals surface area contributed by atoms with E-state index in [1.165, 1.54) is 0 Å². The highest BCUT2D eigenvalue weighted by molar-refractivity contribution is 6.29. The van der Waals surface area contributed by atoms with Crippen molar-refractivity contribution in [3.63, 3.8) is 0 Å². The third-order valence-corrected chi connectivity index (χ3v) is 12.0. The van der Waals surface area contributed by atoms with Crippen molar-refractivity contribution in [2.45, 2.75) is 38.8 Å². The lowest BCUT2D eigenvalue weighted by atomic mass is 10.1. The van der Waals surface area contributed by atoms with Gasteiger partial charge in [0.15, 0.2) is 11.6 Å². The molecule has 2 aromatic heterocycles. The van der Waals surface area contributed by atoms with Gasteiger partial charge in [-0.15, -0.1) is 0 Å². The Labute approximate surface area is 348 Å². The molecule has 0 fully saturated rings. The fourth-order valence-corrected chi connectivity index (χ4v) is 9.20. The van der Waals surface area contributed by atoms with Crippen LogP contribution in [0.1, 0.15) is 55.8 Å². The van der Waals surface area contributed by atoms with E-state index < -0.39 is 0 Å². The average Bonchev–Trinajstić information content (AvgIpc) is 3.99. The Morgan fingerprint density at radius 1 is 0.467 bits per heavy atom. The molecule has 0 saturated heterocycles. The molecular weight excluding hydrogens is 749 g/mol. The number of hydrogen-bond donors (Lipinski definition) is 0. The van der Waals surface area contributed by atoms with Gasteiger partial charge >= 0.3 is 0 Å². The van der Waals surface area contributed by atoms with Gasteiger partial charge in [0.2, 0.25) is 0 Å². The fraction of sp³-hybridized carbons (Fsp3) is 0.192. The lowest BCUT2D eigenvalue weighted by Gasteiger charge is -2.13. The van der Waals surface area contributed by atoms with Gasteiger partial charge in [-0.3, -0.25) is 9.59 Å². The summed E-state index contributed by atoms with van der Waals surface area (Å²) < 4.78 is 28.6. The first kappa shape index (κ1) is 37.2. The Morgan fingerprint density at radius 2 is 0.883 bits per heavy atom. The minimum Gasteiger partial charge on any atom is -0.497 e. The number of rotatable bonds is 15. The zero-order valence-electron chi connectivity index (χ0n) is 33.7. The van der Waals surface area contributed by atoms with Crippen molar-refractivity contribution in [3.05, 3.63) is 167 Å². The summed E-state index contributed by atoms with van der Waals surface area (Å²) in [6.07, 6.45) is 3.04. The molecule has 2 aliphatic rings. The van der Waals surface area contributed by atoms with E-state index in [1.807, 2.05) is 97.1 Å². The molecule has 2 aliphatic carbocycles. The SMILES string of the molecule is COc1cccc(CCn2c3c(c4c(OCCCCOc5cccc6c5c5c(n6CCc6cccc(OC)c6)-c6ccccc6C5=O)cccc42)C(=O)c2ccccc2-3)c1. The van der Waals surface area contributed by atoms with E-state index in [4.69, 9.17) is 18.9 Å². The molecule has 0 bridgehead atoms. The fourth-order valence-electron chi connectivity index (χ4n) is 9.20. The highest BCUT2D eigenvalue weighted by atomic mass is 16.5. The van der Waals surface area contributed by atoms with E-state index in [0.29, 0.717) is 48.9 Å². The standard InChI is InChI=1S/C52H44N2O6/c1-57-35-15-9-13-33(31-35)25-27-53-41-21-11-23-43(45(41)47-49(53)37-17-3-5-19-39(37)51(47)55)59-29-7-8-30-60-44-24-12-22-42-46(44)48-50(38-18-4-6-20-40(38)52(48)56)54(42)28-26-34-14-10-16-36(32-34)58-2/h3-6,9-24,31-32H,7-8,25-30H2,1-2H3. The predicted molar refractivity (Wildman–Crippen MR) is 235 cm³/mol. The van der Waals surface area contributed by atoms with Gasteiger partial charge in [-0.1, -0.05) is 84.9 Å². The van der Waals surface area contributed by atoms with Crippen molar-refractivity contribution in [1.82, 2.24) is 9.13 Å². The maximum atomic E-state index is 14.0. The second kappa shape index (κ2) is 15.6. The van der Waals surface area contributed by atoms with E-state index in [-0.39, 0.29) is 11.6 Å². The topological polar surface area (TPSA) is 80.9 Å². The van der Waals surface area contributed by atoms with Crippen LogP contribution >= 0.6 is 0 Å². The Morgan fingerprint density at radius 3 is 1.32 bits per heavy atom. The van der Waals surface area contributed by atoms with Crippen molar-refractivity contribution in [2.75, 3.05) is 27.4 Å². The maximum absolute atomic E-state index is 14.0. The summed E-state index contributed by atoms with van der Waals surface area (Å²) in [5, 5.41) is 1.72. The second-order valence-corrected chi connectivity index (χ2v) is 15.4. The first-order valence-corrected chi connectivity index (χ1v) is 20.6. The third-order valence-electron chi connectivity index (χ3n) is 12.0. The van der Waals surface area contributed by atoms with Crippen LogP contribution in [0.2, 0.25) is 0 Å². The highest BCUT2D eigenvalue weighted by Gasteiger charge is 2.36. The quantitative estimate of drug-likeness (QED) is 0.0962. The normalized spacial score (nSPS) is 12.4. The van der Waals surface area contributed by atoms with Crippen LogP contribution in [0.4, 0.5) is 0 Å². The van der Waals surface area contributed by atoms with E-state index in [2.05, 4.69) is 45.5 Å². The number of aromatic nitrogens is 2. The molecule has 0 unspecified atom stereocenters. The number of fused-ring (bicyclic) bond motifs is 10. The van der Waals surface area contributed by atoms with E-state index in [9.17, 15) is 9.59 Å². The Kier molecular flexibility index (Phi) is 9.68. The van der Waals surface area contributed by atoms with E-state index >= 15 is 0 Å². The summed E-state index contributed by atoms with van der Waals surface area (Å²) in [5.41, 5.74) is 11.0. The van der Waals surface area contributed by atoms with Gasteiger partial charge in [0.05, 0.1) is 71.8 Å². The van der Waals surface area contributed by atoms with Crippen LogP contribution in [-0.4, -0.2) is 48.1 Å². The number of carbonyl (C=O) groups is 2. The second-order valence-electron chi connectivity index (χ2n) is 15.4. The summed E-state index contributed by atoms with van der Waals surface area (Å²) in [5.74, 6) is 3.14. The minimum absolute atomic E-state index is 0.0338.